The maximum atomic E-state index is 13.3. The predicted molar refractivity (Wildman–Crippen MR) is 138 cm³/mol. The van der Waals surface area contributed by atoms with E-state index in [0.717, 1.165) is 22.4 Å². The fourth-order valence-corrected chi connectivity index (χ4v) is 4.52. The van der Waals surface area contributed by atoms with Crippen LogP contribution >= 0.6 is 12.4 Å². The molecule has 34 heavy (non-hydrogen) atoms. The number of fused-ring (bicyclic) bond motifs is 1. The minimum Gasteiger partial charge on any atom is -0.480 e. The summed E-state index contributed by atoms with van der Waals surface area (Å²) in [5.41, 5.74) is 5.28. The number of halogens is 1. The van der Waals surface area contributed by atoms with E-state index in [1.165, 1.54) is 5.56 Å². The van der Waals surface area contributed by atoms with Gasteiger partial charge in [-0.3, -0.25) is 14.9 Å². The standard InChI is InChI=1S/C28H30N2O3.ClH/c1-19-11-13-21(14-12-19)17-23-18-22-9-5-6-10-24(22)30-27(31)26(23)29-25(28(32)33)16-15-20-7-3-2-4-8-20;/h2-14,23,25-26,29H,15-18H2,1H3,(H,30,31)(H,32,33);1H/t23?,25-,26-;/m0./s1. The molecule has 3 aromatic carbocycles. The summed E-state index contributed by atoms with van der Waals surface area (Å²) >= 11 is 0. The Bertz CT molecular complexity index is 1100. The molecule has 1 amide bonds. The summed E-state index contributed by atoms with van der Waals surface area (Å²) in [4.78, 5) is 25.4. The summed E-state index contributed by atoms with van der Waals surface area (Å²) < 4.78 is 0. The fraction of sp³-hybridized carbons (Fsp3) is 0.286. The lowest BCUT2D eigenvalue weighted by Crippen LogP contribution is -2.53. The number of anilines is 1. The second-order valence-corrected chi connectivity index (χ2v) is 8.86. The monoisotopic (exact) mass is 478 g/mol. The summed E-state index contributed by atoms with van der Waals surface area (Å²) in [5, 5.41) is 16.2. The fourth-order valence-electron chi connectivity index (χ4n) is 4.52. The highest BCUT2D eigenvalue weighted by Gasteiger charge is 2.35. The van der Waals surface area contributed by atoms with Crippen LogP contribution in [0.25, 0.3) is 0 Å². The van der Waals surface area contributed by atoms with Crippen molar-refractivity contribution in [1.29, 1.82) is 0 Å². The van der Waals surface area contributed by atoms with Crippen molar-refractivity contribution < 1.29 is 14.7 Å². The molecule has 0 saturated heterocycles. The predicted octanol–water partition coefficient (Wildman–Crippen LogP) is 4.81. The summed E-state index contributed by atoms with van der Waals surface area (Å²) in [7, 11) is 0. The van der Waals surface area contributed by atoms with Crippen molar-refractivity contribution in [3.63, 3.8) is 0 Å². The van der Waals surface area contributed by atoms with Crippen molar-refractivity contribution in [2.24, 2.45) is 5.92 Å². The molecule has 1 aliphatic rings. The highest BCUT2D eigenvalue weighted by atomic mass is 35.5. The summed E-state index contributed by atoms with van der Waals surface area (Å²) in [6, 6.07) is 24.5. The summed E-state index contributed by atoms with van der Waals surface area (Å²) in [5.74, 6) is -1.19. The van der Waals surface area contributed by atoms with Gasteiger partial charge in [-0.15, -0.1) is 12.4 Å². The van der Waals surface area contributed by atoms with Gasteiger partial charge in [0.05, 0.1) is 6.04 Å². The number of para-hydroxylation sites is 1. The van der Waals surface area contributed by atoms with Crippen molar-refractivity contribution in [2.45, 2.75) is 44.7 Å². The molecule has 6 heteroatoms. The number of carbonyl (C=O) groups is 2. The lowest BCUT2D eigenvalue weighted by molar-refractivity contribution is -0.140. The van der Waals surface area contributed by atoms with Crippen LogP contribution in [0.1, 0.15) is 28.7 Å². The van der Waals surface area contributed by atoms with Crippen molar-refractivity contribution >= 4 is 30.0 Å². The van der Waals surface area contributed by atoms with Gasteiger partial charge in [0.1, 0.15) is 6.04 Å². The van der Waals surface area contributed by atoms with Gasteiger partial charge in [0.25, 0.3) is 0 Å². The summed E-state index contributed by atoms with van der Waals surface area (Å²) in [6.07, 6.45) is 2.41. The largest absolute Gasteiger partial charge is 0.480 e. The molecule has 0 fully saturated rings. The van der Waals surface area contributed by atoms with Gasteiger partial charge < -0.3 is 10.4 Å². The average molecular weight is 479 g/mol. The molecular formula is C28H31ClN2O3. The van der Waals surface area contributed by atoms with Crippen LogP contribution in [0.15, 0.2) is 78.9 Å². The third kappa shape index (κ3) is 6.46. The van der Waals surface area contributed by atoms with Crippen LogP contribution in [0, 0.1) is 12.8 Å². The van der Waals surface area contributed by atoms with E-state index in [2.05, 4.69) is 34.9 Å². The number of amides is 1. The van der Waals surface area contributed by atoms with Gasteiger partial charge >= 0.3 is 5.97 Å². The van der Waals surface area contributed by atoms with E-state index in [1.807, 2.05) is 61.5 Å². The minimum absolute atomic E-state index is 0. The lowest BCUT2D eigenvalue weighted by atomic mass is 9.86. The maximum absolute atomic E-state index is 13.3. The molecule has 1 aliphatic heterocycles. The molecule has 3 aromatic rings. The smallest absolute Gasteiger partial charge is 0.320 e. The molecule has 4 rings (SSSR count). The average Bonchev–Trinajstić information content (AvgIpc) is 2.94. The van der Waals surface area contributed by atoms with E-state index < -0.39 is 18.1 Å². The van der Waals surface area contributed by atoms with Crippen LogP contribution in [0.3, 0.4) is 0 Å². The van der Waals surface area contributed by atoms with Gasteiger partial charge in [-0.25, -0.2) is 0 Å². The highest BCUT2D eigenvalue weighted by molar-refractivity contribution is 5.97. The maximum Gasteiger partial charge on any atom is 0.320 e. The molecule has 0 radical (unpaired) electrons. The van der Waals surface area contributed by atoms with Gasteiger partial charge in [0, 0.05) is 5.69 Å². The number of carboxylic acid groups (broad SMARTS) is 1. The second kappa shape index (κ2) is 11.8. The Morgan fingerprint density at radius 2 is 1.68 bits per heavy atom. The molecule has 0 aromatic heterocycles. The van der Waals surface area contributed by atoms with Crippen LogP contribution in [0.4, 0.5) is 5.69 Å². The number of carboxylic acids is 1. The Kier molecular flexibility index (Phi) is 8.85. The third-order valence-corrected chi connectivity index (χ3v) is 6.37. The summed E-state index contributed by atoms with van der Waals surface area (Å²) in [6.45, 7) is 2.05. The first-order chi connectivity index (χ1) is 16.0. The van der Waals surface area contributed by atoms with Crippen LogP contribution in [0.2, 0.25) is 0 Å². The van der Waals surface area contributed by atoms with E-state index in [4.69, 9.17) is 0 Å². The Morgan fingerprint density at radius 1 is 1.00 bits per heavy atom. The number of aliphatic carboxylic acids is 1. The van der Waals surface area contributed by atoms with Crippen molar-refractivity contribution in [2.75, 3.05) is 5.32 Å². The second-order valence-electron chi connectivity index (χ2n) is 8.86. The molecule has 0 spiro atoms. The van der Waals surface area contributed by atoms with E-state index >= 15 is 0 Å². The van der Waals surface area contributed by atoms with Gasteiger partial charge in [-0.05, 0) is 61.3 Å². The molecule has 0 aliphatic carbocycles. The molecule has 0 saturated carbocycles. The molecule has 3 atom stereocenters. The Balaban J connectivity index is 0.00000324. The van der Waals surface area contributed by atoms with Gasteiger partial charge in [-0.1, -0.05) is 78.4 Å². The first-order valence-electron chi connectivity index (χ1n) is 11.5. The Morgan fingerprint density at radius 3 is 2.38 bits per heavy atom. The molecule has 1 unspecified atom stereocenters. The van der Waals surface area contributed by atoms with Crippen LogP contribution in [0.5, 0.6) is 0 Å². The zero-order valence-electron chi connectivity index (χ0n) is 19.2. The molecule has 0 bridgehead atoms. The van der Waals surface area contributed by atoms with Crippen LogP contribution in [-0.4, -0.2) is 29.1 Å². The lowest BCUT2D eigenvalue weighted by Gasteiger charge is -2.28. The normalized spacial score (nSPS) is 18.1. The topological polar surface area (TPSA) is 78.4 Å². The zero-order chi connectivity index (χ0) is 23.2. The first kappa shape index (κ1) is 25.5. The van der Waals surface area contributed by atoms with Crippen molar-refractivity contribution in [3.05, 3.63) is 101 Å². The first-order valence-corrected chi connectivity index (χ1v) is 11.5. The van der Waals surface area contributed by atoms with E-state index in [1.54, 1.807) is 0 Å². The molecular weight excluding hydrogens is 448 g/mol. The zero-order valence-corrected chi connectivity index (χ0v) is 20.1. The van der Waals surface area contributed by atoms with Gasteiger partial charge in [-0.2, -0.15) is 0 Å². The van der Waals surface area contributed by atoms with E-state index in [9.17, 15) is 14.7 Å². The molecule has 5 nitrogen and oxygen atoms in total. The van der Waals surface area contributed by atoms with Gasteiger partial charge in [0.2, 0.25) is 5.91 Å². The number of carbonyl (C=O) groups excluding carboxylic acids is 1. The van der Waals surface area contributed by atoms with E-state index in [-0.39, 0.29) is 24.2 Å². The third-order valence-electron chi connectivity index (χ3n) is 6.37. The van der Waals surface area contributed by atoms with Crippen molar-refractivity contribution in [3.8, 4) is 0 Å². The van der Waals surface area contributed by atoms with Gasteiger partial charge in [0.15, 0.2) is 0 Å². The van der Waals surface area contributed by atoms with Crippen LogP contribution in [-0.2, 0) is 28.9 Å². The number of hydrogen-bond donors (Lipinski definition) is 3. The molecule has 3 N–H and O–H groups in total. The number of benzene rings is 3. The minimum atomic E-state index is -0.936. The number of nitrogens with one attached hydrogen (secondary N) is 2. The number of rotatable bonds is 8. The van der Waals surface area contributed by atoms with Crippen LogP contribution < -0.4 is 10.6 Å². The SMILES string of the molecule is Cc1ccc(CC2Cc3ccccc3NC(=O)[C@H]2N[C@@H](CCc2ccccc2)C(=O)O)cc1.Cl. The van der Waals surface area contributed by atoms with Crippen molar-refractivity contribution in [1.82, 2.24) is 5.32 Å². The molecule has 1 heterocycles. The van der Waals surface area contributed by atoms with E-state index in [0.29, 0.717) is 25.7 Å². The Hall–Kier alpha value is -3.15. The quantitative estimate of drug-likeness (QED) is 0.434. The number of hydrogen-bond acceptors (Lipinski definition) is 3. The highest BCUT2D eigenvalue weighted by Crippen LogP contribution is 2.28. The molecule has 178 valence electrons. The Labute approximate surface area is 207 Å². The number of aryl methyl sites for hydroxylation is 2.